The average Bonchev–Trinajstić information content (AvgIpc) is 2.93. The van der Waals surface area contributed by atoms with Crippen molar-refractivity contribution >= 4 is 5.91 Å². The second-order valence-electron chi connectivity index (χ2n) is 4.02. The monoisotopic (exact) mass is 260 g/mol. The van der Waals surface area contributed by atoms with Gasteiger partial charge in [0.1, 0.15) is 5.75 Å². The summed E-state index contributed by atoms with van der Waals surface area (Å²) in [6.45, 7) is 0. The Labute approximate surface area is 111 Å². The van der Waals surface area contributed by atoms with Crippen LogP contribution in [0.25, 0.3) is 11.3 Å². The van der Waals surface area contributed by atoms with Gasteiger partial charge in [0.25, 0.3) is 0 Å². The van der Waals surface area contributed by atoms with Gasteiger partial charge in [0.2, 0.25) is 5.91 Å². The van der Waals surface area contributed by atoms with Crippen molar-refractivity contribution in [3.05, 3.63) is 36.4 Å². The molecule has 5 heteroatoms. The second-order valence-corrected chi connectivity index (χ2v) is 4.02. The Hall–Kier alpha value is -2.30. The molecule has 100 valence electrons. The number of methoxy groups -OCH3 is 1. The summed E-state index contributed by atoms with van der Waals surface area (Å²) in [6, 6.07) is 7.56. The molecule has 1 amide bonds. The maximum atomic E-state index is 11.1. The summed E-state index contributed by atoms with van der Waals surface area (Å²) in [6.07, 6.45) is 2.52. The summed E-state index contributed by atoms with van der Waals surface area (Å²) in [4.78, 5) is 15.3. The van der Waals surface area contributed by atoms with Gasteiger partial charge in [-0.3, -0.25) is 4.79 Å². The minimum atomic E-state index is -0.0267. The molecular formula is C14H16N2O3. The molecule has 0 aliphatic rings. The van der Waals surface area contributed by atoms with Crippen LogP contribution >= 0.6 is 0 Å². The van der Waals surface area contributed by atoms with Crippen molar-refractivity contribution in [3.8, 4) is 17.1 Å². The molecule has 0 aliphatic heterocycles. The average molecular weight is 260 g/mol. The van der Waals surface area contributed by atoms with Crippen LogP contribution in [0.15, 0.2) is 34.9 Å². The number of carbonyl (C=O) groups excluding carboxylic acids is 1. The van der Waals surface area contributed by atoms with Crippen molar-refractivity contribution < 1.29 is 13.9 Å². The highest BCUT2D eigenvalue weighted by Crippen LogP contribution is 2.24. The van der Waals surface area contributed by atoms with Crippen LogP contribution in [0.5, 0.6) is 5.75 Å². The summed E-state index contributed by atoms with van der Waals surface area (Å²) < 4.78 is 10.8. The van der Waals surface area contributed by atoms with Crippen molar-refractivity contribution in [2.45, 2.75) is 12.8 Å². The summed E-state index contributed by atoms with van der Waals surface area (Å²) in [7, 11) is 3.23. The molecule has 19 heavy (non-hydrogen) atoms. The lowest BCUT2D eigenvalue weighted by molar-refractivity contribution is -0.120. The van der Waals surface area contributed by atoms with Crippen molar-refractivity contribution in [1.29, 1.82) is 0 Å². The van der Waals surface area contributed by atoms with Crippen LogP contribution in [-0.2, 0) is 11.2 Å². The normalized spacial score (nSPS) is 10.2. The van der Waals surface area contributed by atoms with Gasteiger partial charge in [-0.2, -0.15) is 0 Å². The van der Waals surface area contributed by atoms with Crippen LogP contribution in [0, 0.1) is 0 Å². The highest BCUT2D eigenvalue weighted by molar-refractivity contribution is 5.75. The number of nitrogens with one attached hydrogen (secondary N) is 1. The first-order valence-electron chi connectivity index (χ1n) is 6.02. The van der Waals surface area contributed by atoms with Gasteiger partial charge in [-0.05, 0) is 12.1 Å². The molecule has 0 bridgehead atoms. The molecule has 1 aromatic carbocycles. The first kappa shape index (κ1) is 13.1. The summed E-state index contributed by atoms with van der Waals surface area (Å²) in [5.74, 6) is 1.97. The lowest BCUT2D eigenvalue weighted by Gasteiger charge is -2.01. The number of rotatable bonds is 5. The SMILES string of the molecule is CNC(=O)CCc1ncc(-c2cccc(OC)c2)o1. The molecule has 1 aromatic heterocycles. The number of carbonyl (C=O) groups is 1. The predicted octanol–water partition coefficient (Wildman–Crippen LogP) is 2.03. The first-order valence-corrected chi connectivity index (χ1v) is 6.02. The molecule has 0 saturated heterocycles. The van der Waals surface area contributed by atoms with E-state index in [-0.39, 0.29) is 5.91 Å². The van der Waals surface area contributed by atoms with Crippen LogP contribution in [0.2, 0.25) is 0 Å². The Morgan fingerprint density at radius 3 is 3.05 bits per heavy atom. The number of aromatic nitrogens is 1. The van der Waals surface area contributed by atoms with E-state index in [0.717, 1.165) is 11.3 Å². The first-order chi connectivity index (χ1) is 9.22. The second kappa shape index (κ2) is 6.04. The molecule has 2 rings (SSSR count). The topological polar surface area (TPSA) is 64.4 Å². The van der Waals surface area contributed by atoms with Gasteiger partial charge in [-0.15, -0.1) is 0 Å². The van der Waals surface area contributed by atoms with Crippen LogP contribution in [0.1, 0.15) is 12.3 Å². The van der Waals surface area contributed by atoms with E-state index in [4.69, 9.17) is 9.15 Å². The third-order valence-corrected chi connectivity index (χ3v) is 2.75. The Bertz CT molecular complexity index is 563. The van der Waals surface area contributed by atoms with E-state index in [1.165, 1.54) is 0 Å². The van der Waals surface area contributed by atoms with Crippen molar-refractivity contribution in [1.82, 2.24) is 10.3 Å². The van der Waals surface area contributed by atoms with Crippen LogP contribution in [0.3, 0.4) is 0 Å². The molecule has 0 fully saturated rings. The fraction of sp³-hybridized carbons (Fsp3) is 0.286. The molecule has 0 spiro atoms. The number of hydrogen-bond acceptors (Lipinski definition) is 4. The molecule has 2 aromatic rings. The van der Waals surface area contributed by atoms with Gasteiger partial charge in [0.15, 0.2) is 11.7 Å². The van der Waals surface area contributed by atoms with Crippen molar-refractivity contribution in [3.63, 3.8) is 0 Å². The fourth-order valence-electron chi connectivity index (χ4n) is 1.68. The number of ether oxygens (including phenoxy) is 1. The summed E-state index contributed by atoms with van der Waals surface area (Å²) >= 11 is 0. The molecule has 0 saturated carbocycles. The van der Waals surface area contributed by atoms with Crippen LogP contribution in [0.4, 0.5) is 0 Å². The van der Waals surface area contributed by atoms with E-state index < -0.39 is 0 Å². The summed E-state index contributed by atoms with van der Waals surface area (Å²) in [5.41, 5.74) is 0.901. The van der Waals surface area contributed by atoms with Gasteiger partial charge < -0.3 is 14.5 Å². The fourth-order valence-corrected chi connectivity index (χ4v) is 1.68. The van der Waals surface area contributed by atoms with E-state index in [9.17, 15) is 4.79 Å². The van der Waals surface area contributed by atoms with E-state index in [2.05, 4.69) is 10.3 Å². The Kier molecular flexibility index (Phi) is 4.18. The third kappa shape index (κ3) is 3.34. The smallest absolute Gasteiger partial charge is 0.220 e. The Morgan fingerprint density at radius 1 is 1.47 bits per heavy atom. The van der Waals surface area contributed by atoms with E-state index in [1.807, 2.05) is 24.3 Å². The Morgan fingerprint density at radius 2 is 2.32 bits per heavy atom. The number of oxazole rings is 1. The number of nitrogens with zero attached hydrogens (tertiary/aromatic N) is 1. The molecule has 1 heterocycles. The molecule has 0 atom stereocenters. The van der Waals surface area contributed by atoms with Gasteiger partial charge >= 0.3 is 0 Å². The van der Waals surface area contributed by atoms with Gasteiger partial charge in [0.05, 0.1) is 13.3 Å². The number of benzene rings is 1. The molecule has 1 N–H and O–H groups in total. The summed E-state index contributed by atoms with van der Waals surface area (Å²) in [5, 5.41) is 2.56. The van der Waals surface area contributed by atoms with E-state index in [1.54, 1.807) is 20.4 Å². The number of aryl methyl sites for hydroxylation is 1. The zero-order chi connectivity index (χ0) is 13.7. The van der Waals surface area contributed by atoms with Crippen LogP contribution < -0.4 is 10.1 Å². The minimum absolute atomic E-state index is 0.0267. The van der Waals surface area contributed by atoms with Gasteiger partial charge in [0, 0.05) is 25.5 Å². The standard InChI is InChI=1S/C14H16N2O3/c1-15-13(17)6-7-14-16-9-12(19-14)10-4-3-5-11(8-10)18-2/h3-5,8-9H,6-7H2,1-2H3,(H,15,17). The maximum Gasteiger partial charge on any atom is 0.220 e. The predicted molar refractivity (Wildman–Crippen MR) is 70.9 cm³/mol. The van der Waals surface area contributed by atoms with Gasteiger partial charge in [-0.1, -0.05) is 12.1 Å². The number of hydrogen-bond donors (Lipinski definition) is 1. The zero-order valence-corrected chi connectivity index (χ0v) is 11.0. The largest absolute Gasteiger partial charge is 0.497 e. The quantitative estimate of drug-likeness (QED) is 0.893. The zero-order valence-electron chi connectivity index (χ0n) is 11.0. The van der Waals surface area contributed by atoms with Gasteiger partial charge in [-0.25, -0.2) is 4.98 Å². The maximum absolute atomic E-state index is 11.1. The highest BCUT2D eigenvalue weighted by atomic mass is 16.5. The molecule has 5 nitrogen and oxygen atoms in total. The molecular weight excluding hydrogens is 244 g/mol. The highest BCUT2D eigenvalue weighted by Gasteiger charge is 2.08. The lowest BCUT2D eigenvalue weighted by Crippen LogP contribution is -2.17. The minimum Gasteiger partial charge on any atom is -0.497 e. The number of amides is 1. The molecule has 0 aliphatic carbocycles. The lowest BCUT2D eigenvalue weighted by atomic mass is 10.2. The third-order valence-electron chi connectivity index (χ3n) is 2.75. The Balaban J connectivity index is 2.09. The van der Waals surface area contributed by atoms with Crippen molar-refractivity contribution in [2.24, 2.45) is 0 Å². The molecule has 0 radical (unpaired) electrons. The van der Waals surface area contributed by atoms with Crippen molar-refractivity contribution in [2.75, 3.05) is 14.2 Å². The molecule has 0 unspecified atom stereocenters. The van der Waals surface area contributed by atoms with E-state index in [0.29, 0.717) is 24.5 Å². The van der Waals surface area contributed by atoms with E-state index >= 15 is 0 Å². The van der Waals surface area contributed by atoms with Crippen LogP contribution in [-0.4, -0.2) is 25.0 Å².